The molecule has 0 aromatic heterocycles. The molecule has 0 saturated carbocycles. The maximum Gasteiger partial charge on any atom is 1.00 e. The summed E-state index contributed by atoms with van der Waals surface area (Å²) in [5, 5.41) is 2.73. The van der Waals surface area contributed by atoms with Crippen molar-refractivity contribution < 1.29 is 35.2 Å². The van der Waals surface area contributed by atoms with Gasteiger partial charge in [0.15, 0.2) is 0 Å². The standard InChI is InChI=1S/C13H9FNO2S.Au/c14-18-17-12-8-6-10(7-9-12)13(16)15-11-4-2-1-3-5-11;/h2-9H,(H,15,16);/q-1;+1. The first kappa shape index (κ1) is 15.8. The molecule has 3 nitrogen and oxygen atoms in total. The van der Waals surface area contributed by atoms with E-state index in [2.05, 4.69) is 15.6 Å². The first-order chi connectivity index (χ1) is 8.79. The van der Waals surface area contributed by atoms with Gasteiger partial charge >= 0.3 is 22.4 Å². The van der Waals surface area contributed by atoms with Crippen molar-refractivity contribution in [2.75, 3.05) is 5.32 Å². The Labute approximate surface area is 130 Å². The van der Waals surface area contributed by atoms with E-state index in [9.17, 15) is 8.68 Å². The molecule has 2 rings (SSSR count). The zero-order valence-corrected chi connectivity index (χ0v) is 12.5. The summed E-state index contributed by atoms with van der Waals surface area (Å²) < 4.78 is 16.4. The van der Waals surface area contributed by atoms with Crippen LogP contribution in [-0.4, -0.2) is 5.91 Å². The third kappa shape index (κ3) is 4.72. The minimum absolute atomic E-state index is 0. The van der Waals surface area contributed by atoms with E-state index in [1.54, 1.807) is 36.4 Å². The van der Waals surface area contributed by atoms with Crippen LogP contribution >= 0.6 is 12.4 Å². The smallest absolute Gasteiger partial charge is 0.397 e. The summed E-state index contributed by atoms with van der Waals surface area (Å²) in [7, 11) is 0. The summed E-state index contributed by atoms with van der Waals surface area (Å²) in [5.41, 5.74) is 1.16. The maximum atomic E-state index is 11.8. The fourth-order valence-electron chi connectivity index (χ4n) is 1.37. The second kappa shape index (κ2) is 8.01. The summed E-state index contributed by atoms with van der Waals surface area (Å²) in [4.78, 5) is 11.8. The van der Waals surface area contributed by atoms with Crippen LogP contribution in [0.3, 0.4) is 0 Å². The minimum Gasteiger partial charge on any atom is -0.397 e. The summed E-state index contributed by atoms with van der Waals surface area (Å²) in [6.07, 6.45) is 0. The van der Waals surface area contributed by atoms with Crippen LogP contribution in [0, 0.1) is 6.07 Å². The molecule has 2 aromatic rings. The van der Waals surface area contributed by atoms with E-state index in [1.165, 1.54) is 12.1 Å². The van der Waals surface area contributed by atoms with Gasteiger partial charge in [-0.25, -0.2) is 0 Å². The molecular weight excluding hydrogens is 450 g/mol. The van der Waals surface area contributed by atoms with E-state index >= 15 is 0 Å². The molecule has 0 saturated heterocycles. The number of halogens is 1. The SMILES string of the molecule is O=C(Nc1cc[c-]cc1)c1ccc(OSF)cc1.[Au+]. The van der Waals surface area contributed by atoms with Crippen LogP contribution in [0.2, 0.25) is 0 Å². The topological polar surface area (TPSA) is 38.3 Å². The van der Waals surface area contributed by atoms with Gasteiger partial charge in [0, 0.05) is 5.56 Å². The number of benzene rings is 2. The molecule has 6 heteroatoms. The van der Waals surface area contributed by atoms with Crippen molar-refractivity contribution in [1.29, 1.82) is 0 Å². The van der Waals surface area contributed by atoms with Crippen LogP contribution in [0.15, 0.2) is 48.5 Å². The third-order valence-corrected chi connectivity index (χ3v) is 2.48. The van der Waals surface area contributed by atoms with Crippen molar-refractivity contribution in [3.8, 4) is 5.75 Å². The van der Waals surface area contributed by atoms with Gasteiger partial charge in [-0.3, -0.25) is 4.79 Å². The van der Waals surface area contributed by atoms with Crippen molar-refractivity contribution in [2.24, 2.45) is 0 Å². The first-order valence-corrected chi connectivity index (χ1v) is 5.76. The monoisotopic (exact) mass is 459 g/mol. The quantitative estimate of drug-likeness (QED) is 0.431. The molecule has 2 aromatic carbocycles. The predicted molar refractivity (Wildman–Crippen MR) is 69.0 cm³/mol. The summed E-state index contributed by atoms with van der Waals surface area (Å²) in [6.45, 7) is 0. The van der Waals surface area contributed by atoms with Crippen LogP contribution in [0.25, 0.3) is 0 Å². The Hall–Kier alpha value is -1.27. The van der Waals surface area contributed by atoms with Crippen LogP contribution in [0.5, 0.6) is 5.75 Å². The number of hydrogen-bond acceptors (Lipinski definition) is 3. The first-order valence-electron chi connectivity index (χ1n) is 5.12. The largest absolute Gasteiger partial charge is 1.00 e. The van der Waals surface area contributed by atoms with Crippen molar-refractivity contribution in [1.82, 2.24) is 0 Å². The van der Waals surface area contributed by atoms with Gasteiger partial charge in [0.1, 0.15) is 5.75 Å². The Morgan fingerprint density at radius 1 is 1.16 bits per heavy atom. The van der Waals surface area contributed by atoms with Gasteiger partial charge in [0.25, 0.3) is 18.3 Å². The Bertz CT molecular complexity index is 522. The van der Waals surface area contributed by atoms with Crippen molar-refractivity contribution in [3.63, 3.8) is 0 Å². The molecule has 102 valence electrons. The fourth-order valence-corrected chi connectivity index (χ4v) is 1.56. The molecule has 1 N–H and O–H groups in total. The second-order valence-electron chi connectivity index (χ2n) is 3.41. The van der Waals surface area contributed by atoms with E-state index < -0.39 is 0 Å². The van der Waals surface area contributed by atoms with Crippen molar-refractivity contribution in [3.05, 3.63) is 60.2 Å². The predicted octanol–water partition coefficient (Wildman–Crippen LogP) is 3.65. The molecule has 0 aliphatic carbocycles. The molecule has 0 bridgehead atoms. The second-order valence-corrected chi connectivity index (χ2v) is 3.71. The van der Waals surface area contributed by atoms with E-state index in [0.29, 0.717) is 17.0 Å². The number of hydrogen-bond donors (Lipinski definition) is 1. The fraction of sp³-hybridized carbons (Fsp3) is 0. The van der Waals surface area contributed by atoms with E-state index in [-0.39, 0.29) is 40.7 Å². The Morgan fingerprint density at radius 2 is 1.79 bits per heavy atom. The Kier molecular flexibility index (Phi) is 6.66. The number of nitrogens with one attached hydrogen (secondary N) is 1. The zero-order chi connectivity index (χ0) is 12.8. The normalized spacial score (nSPS) is 9.32. The number of rotatable bonds is 4. The van der Waals surface area contributed by atoms with Gasteiger partial charge in [-0.1, -0.05) is 5.69 Å². The maximum absolute atomic E-state index is 11.8. The average molecular weight is 459 g/mol. The molecule has 0 fully saturated rings. The van der Waals surface area contributed by atoms with Gasteiger partial charge in [-0.2, -0.15) is 18.2 Å². The molecular formula is C13H9AuFNO2S. The van der Waals surface area contributed by atoms with Crippen LogP contribution in [0.4, 0.5) is 9.57 Å². The molecule has 0 heterocycles. The summed E-state index contributed by atoms with van der Waals surface area (Å²) in [6, 6.07) is 16.0. The van der Waals surface area contributed by atoms with Crippen LogP contribution in [0.1, 0.15) is 10.4 Å². The molecule has 0 aliphatic heterocycles. The summed E-state index contributed by atoms with van der Waals surface area (Å²) in [5.74, 6) is 0.119. The third-order valence-electron chi connectivity index (χ3n) is 2.22. The molecule has 19 heavy (non-hydrogen) atoms. The molecule has 0 radical (unpaired) electrons. The van der Waals surface area contributed by atoms with Crippen molar-refractivity contribution >= 4 is 24.0 Å². The van der Waals surface area contributed by atoms with Gasteiger partial charge in [-0.15, -0.1) is 16.0 Å². The van der Waals surface area contributed by atoms with Crippen LogP contribution < -0.4 is 9.50 Å². The average Bonchev–Trinajstić information content (AvgIpc) is 2.41. The van der Waals surface area contributed by atoms with Crippen molar-refractivity contribution in [2.45, 2.75) is 0 Å². The van der Waals surface area contributed by atoms with Crippen LogP contribution in [-0.2, 0) is 22.4 Å². The van der Waals surface area contributed by atoms with Gasteiger partial charge in [-0.05, 0) is 24.3 Å². The minimum atomic E-state index is -0.236. The number of amides is 1. The molecule has 0 atom stereocenters. The number of carbonyl (C=O) groups is 1. The molecule has 0 spiro atoms. The van der Waals surface area contributed by atoms with Gasteiger partial charge in [0.05, 0.1) is 0 Å². The van der Waals surface area contributed by atoms with Gasteiger partial charge in [0.2, 0.25) is 0 Å². The van der Waals surface area contributed by atoms with E-state index in [4.69, 9.17) is 0 Å². The molecule has 0 aliphatic rings. The summed E-state index contributed by atoms with van der Waals surface area (Å²) >= 11 is -0.232. The number of carbonyl (C=O) groups excluding carboxylic acids is 1. The van der Waals surface area contributed by atoms with E-state index in [1.807, 2.05) is 0 Å². The van der Waals surface area contributed by atoms with Gasteiger partial charge < -0.3 is 9.50 Å². The van der Waals surface area contributed by atoms with E-state index in [0.717, 1.165) is 0 Å². The zero-order valence-electron chi connectivity index (χ0n) is 9.52. The molecule has 0 unspecified atom stereocenters. The Balaban J connectivity index is 0.00000180. The Morgan fingerprint density at radius 3 is 2.37 bits per heavy atom. The number of anilines is 1. The molecule has 1 amide bonds.